The smallest absolute Gasteiger partial charge is 0.399 e. The van der Waals surface area contributed by atoms with Gasteiger partial charge in [-0.2, -0.15) is 13.2 Å². The maximum absolute atomic E-state index is 12.9. The van der Waals surface area contributed by atoms with E-state index in [1.165, 1.54) is 23.1 Å². The van der Waals surface area contributed by atoms with Crippen molar-refractivity contribution >= 4 is 23.2 Å². The number of hydrogen-bond donors (Lipinski definition) is 1. The van der Waals surface area contributed by atoms with Gasteiger partial charge in [0.15, 0.2) is 0 Å². The van der Waals surface area contributed by atoms with Crippen LogP contribution in [0.1, 0.15) is 5.56 Å². The van der Waals surface area contributed by atoms with Crippen molar-refractivity contribution in [1.82, 2.24) is 0 Å². The number of nitrogens with two attached hydrogens (primary N) is 1. The van der Waals surface area contributed by atoms with Gasteiger partial charge in [0, 0.05) is 31.0 Å². The van der Waals surface area contributed by atoms with Crippen molar-refractivity contribution < 1.29 is 18.0 Å². The molecule has 0 saturated heterocycles. The van der Waals surface area contributed by atoms with Gasteiger partial charge in [-0.1, -0.05) is 6.07 Å². The Morgan fingerprint density at radius 1 is 1.33 bits per heavy atom. The number of allylic oxidation sites excluding steroid dienone is 2. The van der Waals surface area contributed by atoms with Gasteiger partial charge in [0.1, 0.15) is 6.29 Å². The van der Waals surface area contributed by atoms with E-state index in [0.717, 1.165) is 0 Å². The molecule has 6 heteroatoms. The second-order valence-electron chi connectivity index (χ2n) is 3.89. The SMILES string of the molecule is CN(C)c1cc(N)ccc1/C(=C\C=O)C(F)(F)F. The molecule has 0 aromatic heterocycles. The van der Waals surface area contributed by atoms with E-state index in [2.05, 4.69) is 0 Å². The molecule has 0 aliphatic carbocycles. The first-order valence-electron chi connectivity index (χ1n) is 5.07. The molecule has 0 fully saturated rings. The van der Waals surface area contributed by atoms with Crippen LogP contribution in [-0.4, -0.2) is 26.6 Å². The summed E-state index contributed by atoms with van der Waals surface area (Å²) in [5, 5.41) is 0. The highest BCUT2D eigenvalue weighted by Crippen LogP contribution is 2.38. The summed E-state index contributed by atoms with van der Waals surface area (Å²) in [5.41, 5.74) is 5.15. The number of benzene rings is 1. The zero-order valence-electron chi connectivity index (χ0n) is 9.95. The van der Waals surface area contributed by atoms with Crippen molar-refractivity contribution in [2.24, 2.45) is 0 Å². The van der Waals surface area contributed by atoms with Crippen LogP contribution in [0.15, 0.2) is 24.3 Å². The number of halogens is 3. The lowest BCUT2D eigenvalue weighted by atomic mass is 10.0. The molecule has 0 spiro atoms. The lowest BCUT2D eigenvalue weighted by molar-refractivity contribution is -0.104. The number of carbonyl (C=O) groups excluding carboxylic acids is 1. The summed E-state index contributed by atoms with van der Waals surface area (Å²) in [5.74, 6) is 0. The lowest BCUT2D eigenvalue weighted by Gasteiger charge is -2.21. The third-order valence-electron chi connectivity index (χ3n) is 2.33. The highest BCUT2D eigenvalue weighted by atomic mass is 19.4. The molecule has 0 unspecified atom stereocenters. The van der Waals surface area contributed by atoms with Gasteiger partial charge in [-0.25, -0.2) is 0 Å². The van der Waals surface area contributed by atoms with Gasteiger partial charge in [0.05, 0.1) is 5.57 Å². The number of alkyl halides is 3. The number of anilines is 2. The number of nitrogen functional groups attached to an aromatic ring is 1. The van der Waals surface area contributed by atoms with E-state index >= 15 is 0 Å². The fourth-order valence-corrected chi connectivity index (χ4v) is 1.55. The van der Waals surface area contributed by atoms with Crippen LogP contribution >= 0.6 is 0 Å². The van der Waals surface area contributed by atoms with Crippen LogP contribution in [0, 0.1) is 0 Å². The maximum Gasteiger partial charge on any atom is 0.417 e. The van der Waals surface area contributed by atoms with Crippen molar-refractivity contribution in [3.8, 4) is 0 Å². The molecule has 98 valence electrons. The van der Waals surface area contributed by atoms with Crippen LogP contribution < -0.4 is 10.6 Å². The first-order valence-corrected chi connectivity index (χ1v) is 5.07. The Hall–Kier alpha value is -1.98. The average molecular weight is 258 g/mol. The van der Waals surface area contributed by atoms with Crippen LogP contribution in [0.2, 0.25) is 0 Å². The zero-order valence-corrected chi connectivity index (χ0v) is 9.95. The van der Waals surface area contributed by atoms with Crippen LogP contribution in [0.25, 0.3) is 5.57 Å². The molecule has 3 nitrogen and oxygen atoms in total. The minimum absolute atomic E-state index is 0.0752. The molecular weight excluding hydrogens is 245 g/mol. The lowest BCUT2D eigenvalue weighted by Crippen LogP contribution is -2.17. The molecule has 1 aromatic rings. The summed E-state index contributed by atoms with van der Waals surface area (Å²) in [7, 11) is 3.21. The molecule has 0 saturated carbocycles. The predicted molar refractivity (Wildman–Crippen MR) is 65.3 cm³/mol. The Kier molecular flexibility index (Phi) is 4.00. The largest absolute Gasteiger partial charge is 0.417 e. The molecule has 0 atom stereocenters. The van der Waals surface area contributed by atoms with E-state index in [9.17, 15) is 18.0 Å². The topological polar surface area (TPSA) is 46.3 Å². The first kappa shape index (κ1) is 14.1. The molecule has 1 rings (SSSR count). The van der Waals surface area contributed by atoms with Crippen LogP contribution in [0.4, 0.5) is 24.5 Å². The monoisotopic (exact) mass is 258 g/mol. The van der Waals surface area contributed by atoms with Gasteiger partial charge in [-0.15, -0.1) is 0 Å². The zero-order chi connectivity index (χ0) is 13.9. The van der Waals surface area contributed by atoms with Crippen LogP contribution in [0.3, 0.4) is 0 Å². The molecule has 0 radical (unpaired) electrons. The highest BCUT2D eigenvalue weighted by molar-refractivity contribution is 5.89. The molecular formula is C12H13F3N2O. The van der Waals surface area contributed by atoms with Gasteiger partial charge in [-0.05, 0) is 18.2 Å². The first-order chi connectivity index (χ1) is 8.27. The number of rotatable bonds is 3. The van der Waals surface area contributed by atoms with Gasteiger partial charge >= 0.3 is 6.18 Å². The minimum Gasteiger partial charge on any atom is -0.399 e. The molecule has 1 aromatic carbocycles. The summed E-state index contributed by atoms with van der Waals surface area (Å²) < 4.78 is 38.6. The Morgan fingerprint density at radius 3 is 2.39 bits per heavy atom. The normalized spacial score (nSPS) is 12.4. The third-order valence-corrected chi connectivity index (χ3v) is 2.33. The predicted octanol–water partition coefficient (Wildman–Crippen LogP) is 2.48. The molecule has 18 heavy (non-hydrogen) atoms. The summed E-state index contributed by atoms with van der Waals surface area (Å²) in [6, 6.07) is 4.06. The second kappa shape index (κ2) is 5.12. The van der Waals surface area contributed by atoms with Gasteiger partial charge in [0.25, 0.3) is 0 Å². The maximum atomic E-state index is 12.9. The Bertz CT molecular complexity index is 479. The summed E-state index contributed by atoms with van der Waals surface area (Å²) in [4.78, 5) is 11.9. The van der Waals surface area contributed by atoms with E-state index < -0.39 is 11.7 Å². The number of nitrogens with zero attached hydrogens (tertiary/aromatic N) is 1. The number of carbonyl (C=O) groups is 1. The van der Waals surface area contributed by atoms with Crippen molar-refractivity contribution in [2.75, 3.05) is 24.7 Å². The van der Waals surface area contributed by atoms with Crippen LogP contribution in [0.5, 0.6) is 0 Å². The Balaban J connectivity index is 3.47. The standard InChI is InChI=1S/C12H13F3N2O/c1-17(2)11-7-8(16)3-4-9(11)10(5-6-18)12(13,14)15/h3-7H,16H2,1-2H3/b10-5+. The van der Waals surface area contributed by atoms with Gasteiger partial charge in [-0.3, -0.25) is 4.79 Å². The number of hydrogen-bond acceptors (Lipinski definition) is 3. The summed E-state index contributed by atoms with van der Waals surface area (Å²) in [6.07, 6.45) is -3.96. The van der Waals surface area contributed by atoms with Crippen molar-refractivity contribution in [1.29, 1.82) is 0 Å². The Labute approximate surface area is 103 Å². The Morgan fingerprint density at radius 2 is 1.94 bits per heavy atom. The summed E-state index contributed by atoms with van der Waals surface area (Å²) >= 11 is 0. The van der Waals surface area contributed by atoms with Crippen molar-refractivity contribution in [3.63, 3.8) is 0 Å². The van der Waals surface area contributed by atoms with Crippen molar-refractivity contribution in [2.45, 2.75) is 6.18 Å². The van der Waals surface area contributed by atoms with E-state index in [4.69, 9.17) is 5.73 Å². The van der Waals surface area contributed by atoms with E-state index in [-0.39, 0.29) is 11.8 Å². The molecule has 0 aliphatic heterocycles. The number of aldehydes is 1. The fraction of sp³-hybridized carbons (Fsp3) is 0.250. The van der Waals surface area contributed by atoms with Gasteiger partial charge in [0.2, 0.25) is 0 Å². The molecule has 0 heterocycles. The average Bonchev–Trinajstić information content (AvgIpc) is 2.24. The molecule has 0 amide bonds. The fourth-order valence-electron chi connectivity index (χ4n) is 1.55. The quantitative estimate of drug-likeness (QED) is 0.514. The van der Waals surface area contributed by atoms with E-state index in [1.54, 1.807) is 14.1 Å². The van der Waals surface area contributed by atoms with E-state index in [1.807, 2.05) is 0 Å². The van der Waals surface area contributed by atoms with Crippen molar-refractivity contribution in [3.05, 3.63) is 29.8 Å². The second-order valence-corrected chi connectivity index (χ2v) is 3.89. The molecule has 0 bridgehead atoms. The third kappa shape index (κ3) is 3.03. The molecule has 0 aliphatic rings. The highest BCUT2D eigenvalue weighted by Gasteiger charge is 2.35. The minimum atomic E-state index is -4.60. The molecule has 2 N–H and O–H groups in total. The summed E-state index contributed by atoms with van der Waals surface area (Å²) in [6.45, 7) is 0. The van der Waals surface area contributed by atoms with Crippen LogP contribution in [-0.2, 0) is 4.79 Å². The van der Waals surface area contributed by atoms with E-state index in [0.29, 0.717) is 17.5 Å². The van der Waals surface area contributed by atoms with Gasteiger partial charge < -0.3 is 10.6 Å².